The third kappa shape index (κ3) is 4.16. The van der Waals surface area contributed by atoms with Crippen LogP contribution >= 0.6 is 0 Å². The van der Waals surface area contributed by atoms with Crippen molar-refractivity contribution >= 4 is 23.3 Å². The van der Waals surface area contributed by atoms with Crippen molar-refractivity contribution in [2.24, 2.45) is 4.99 Å². The van der Waals surface area contributed by atoms with Crippen LogP contribution in [0.3, 0.4) is 0 Å². The first kappa shape index (κ1) is 18.8. The highest BCUT2D eigenvalue weighted by Gasteiger charge is 2.17. The molecule has 1 fully saturated rings. The lowest BCUT2D eigenvalue weighted by Crippen LogP contribution is -2.18. The first-order valence-electron chi connectivity index (χ1n) is 9.78. The van der Waals surface area contributed by atoms with Gasteiger partial charge in [0.15, 0.2) is 0 Å². The lowest BCUT2D eigenvalue weighted by Gasteiger charge is -2.19. The van der Waals surface area contributed by atoms with E-state index in [1.165, 1.54) is 0 Å². The number of allylic oxidation sites excluding steroid dienone is 1. The van der Waals surface area contributed by atoms with Crippen LogP contribution in [0.5, 0.6) is 0 Å². The Labute approximate surface area is 169 Å². The predicted octanol–water partition coefficient (Wildman–Crippen LogP) is 3.88. The van der Waals surface area contributed by atoms with E-state index in [1.54, 1.807) is 18.3 Å². The topological polar surface area (TPSA) is 102 Å². The first-order chi connectivity index (χ1) is 14.1. The highest BCUT2D eigenvalue weighted by molar-refractivity contribution is 6.03. The van der Waals surface area contributed by atoms with Crippen LogP contribution in [-0.2, 0) is 4.79 Å². The van der Waals surface area contributed by atoms with E-state index in [9.17, 15) is 15.2 Å². The Kier molecular flexibility index (Phi) is 5.34. The first-order valence-corrected chi connectivity index (χ1v) is 9.78. The van der Waals surface area contributed by atoms with E-state index >= 15 is 0 Å². The van der Waals surface area contributed by atoms with Gasteiger partial charge in [0.2, 0.25) is 5.95 Å². The normalized spacial score (nSPS) is 17.8. The molecule has 7 heteroatoms. The summed E-state index contributed by atoms with van der Waals surface area (Å²) in [5, 5.41) is 18.8. The van der Waals surface area contributed by atoms with Crippen molar-refractivity contribution in [3.05, 3.63) is 47.7 Å². The molecule has 0 spiro atoms. The molecule has 1 aliphatic heterocycles. The summed E-state index contributed by atoms with van der Waals surface area (Å²) >= 11 is 0. The summed E-state index contributed by atoms with van der Waals surface area (Å²) < 4.78 is 0. The summed E-state index contributed by atoms with van der Waals surface area (Å²) in [4.78, 5) is 26.6. The fourth-order valence-electron chi connectivity index (χ4n) is 3.77. The molecule has 1 N–H and O–H groups in total. The number of hydrogen-bond donors (Lipinski definition) is 1. The van der Waals surface area contributed by atoms with Crippen LogP contribution in [0.4, 0.5) is 11.6 Å². The largest absolute Gasteiger partial charge is 0.478 e. The third-order valence-corrected chi connectivity index (χ3v) is 5.24. The molecule has 0 radical (unpaired) electrons. The van der Waals surface area contributed by atoms with E-state index in [0.29, 0.717) is 41.3 Å². The molecular weight excluding hydrogens is 366 g/mol. The van der Waals surface area contributed by atoms with Crippen molar-refractivity contribution in [1.29, 1.82) is 5.26 Å². The maximum atomic E-state index is 11.2. The standard InChI is InChI=1S/C22H21N5O2/c23-14-17-12-15(6-7-20(17)27-10-1-2-11-27)19-8-9-24-22(26-19)25-18-5-3-4-16(13-18)21(28)29/h6-9,12-13H,1-5,10-11H2,(H,28,29). The molecule has 1 aromatic carbocycles. The Morgan fingerprint density at radius 3 is 2.76 bits per heavy atom. The van der Waals surface area contributed by atoms with Gasteiger partial charge in [-0.1, -0.05) is 6.07 Å². The molecule has 0 saturated carbocycles. The minimum absolute atomic E-state index is 0.294. The Morgan fingerprint density at radius 1 is 1.17 bits per heavy atom. The molecule has 1 aliphatic carbocycles. The van der Waals surface area contributed by atoms with Gasteiger partial charge in [-0.25, -0.2) is 19.8 Å². The fourth-order valence-corrected chi connectivity index (χ4v) is 3.77. The molecule has 0 bridgehead atoms. The van der Waals surface area contributed by atoms with Crippen molar-refractivity contribution in [2.45, 2.75) is 32.1 Å². The molecule has 2 aliphatic rings. The van der Waals surface area contributed by atoms with Gasteiger partial charge in [-0.2, -0.15) is 5.26 Å². The number of aromatic nitrogens is 2. The van der Waals surface area contributed by atoms with Gasteiger partial charge in [0.25, 0.3) is 0 Å². The van der Waals surface area contributed by atoms with Crippen LogP contribution < -0.4 is 4.90 Å². The summed E-state index contributed by atoms with van der Waals surface area (Å²) in [7, 11) is 0. The zero-order valence-electron chi connectivity index (χ0n) is 16.0. The second-order valence-corrected chi connectivity index (χ2v) is 7.21. The molecule has 29 heavy (non-hydrogen) atoms. The summed E-state index contributed by atoms with van der Waals surface area (Å²) in [6.45, 7) is 1.96. The number of rotatable bonds is 4. The molecule has 2 heterocycles. The average Bonchev–Trinajstić information content (AvgIpc) is 3.28. The van der Waals surface area contributed by atoms with Crippen molar-refractivity contribution in [2.75, 3.05) is 18.0 Å². The highest BCUT2D eigenvalue weighted by atomic mass is 16.4. The summed E-state index contributed by atoms with van der Waals surface area (Å²) in [5.74, 6) is -0.614. The Hall–Kier alpha value is -3.53. The number of carbonyl (C=O) groups is 1. The van der Waals surface area contributed by atoms with Crippen LogP contribution in [0.15, 0.2) is 47.1 Å². The van der Waals surface area contributed by atoms with E-state index < -0.39 is 5.97 Å². The van der Waals surface area contributed by atoms with Gasteiger partial charge >= 0.3 is 5.97 Å². The van der Waals surface area contributed by atoms with Crippen molar-refractivity contribution in [3.63, 3.8) is 0 Å². The number of carboxylic acids is 1. The molecule has 2 aromatic rings. The van der Waals surface area contributed by atoms with E-state index in [2.05, 4.69) is 25.9 Å². The number of nitrogens with zero attached hydrogens (tertiary/aromatic N) is 5. The summed E-state index contributed by atoms with van der Waals surface area (Å²) in [6, 6.07) is 9.90. The van der Waals surface area contributed by atoms with E-state index in [1.807, 2.05) is 18.2 Å². The van der Waals surface area contributed by atoms with Crippen LogP contribution in [-0.4, -0.2) is 39.8 Å². The van der Waals surface area contributed by atoms with Crippen LogP contribution in [0.25, 0.3) is 11.3 Å². The van der Waals surface area contributed by atoms with Crippen LogP contribution in [0.2, 0.25) is 0 Å². The second kappa shape index (κ2) is 8.23. The number of carboxylic acid groups (broad SMARTS) is 1. The zero-order chi connectivity index (χ0) is 20.2. The molecule has 4 rings (SSSR count). The molecule has 1 aromatic heterocycles. The highest BCUT2D eigenvalue weighted by Crippen LogP contribution is 2.29. The Balaban J connectivity index is 1.64. The fraction of sp³-hybridized carbons (Fsp3) is 0.318. The SMILES string of the molecule is N#Cc1cc(-c2ccnc(N=C3C=C(C(=O)O)CCC3)n2)ccc1N1CCCC1. The molecule has 0 atom stereocenters. The van der Waals surface area contributed by atoms with E-state index in [0.717, 1.165) is 43.6 Å². The molecule has 0 unspecified atom stereocenters. The second-order valence-electron chi connectivity index (χ2n) is 7.21. The Bertz CT molecular complexity index is 1050. The number of benzene rings is 1. The Morgan fingerprint density at radius 2 is 2.00 bits per heavy atom. The molecule has 7 nitrogen and oxygen atoms in total. The smallest absolute Gasteiger partial charge is 0.331 e. The maximum Gasteiger partial charge on any atom is 0.331 e. The number of anilines is 1. The van der Waals surface area contributed by atoms with E-state index in [-0.39, 0.29) is 0 Å². The van der Waals surface area contributed by atoms with Crippen molar-refractivity contribution in [3.8, 4) is 17.3 Å². The van der Waals surface area contributed by atoms with Gasteiger partial charge in [0.05, 0.1) is 16.9 Å². The van der Waals surface area contributed by atoms with Gasteiger partial charge in [-0.3, -0.25) is 0 Å². The van der Waals surface area contributed by atoms with Crippen LogP contribution in [0.1, 0.15) is 37.7 Å². The predicted molar refractivity (Wildman–Crippen MR) is 110 cm³/mol. The molecule has 1 saturated heterocycles. The van der Waals surface area contributed by atoms with Crippen LogP contribution in [0, 0.1) is 11.3 Å². The lowest BCUT2D eigenvalue weighted by molar-refractivity contribution is -0.132. The van der Waals surface area contributed by atoms with Gasteiger partial charge in [-0.15, -0.1) is 0 Å². The maximum absolute atomic E-state index is 11.2. The molecular formula is C22H21N5O2. The minimum Gasteiger partial charge on any atom is -0.478 e. The van der Waals surface area contributed by atoms with Gasteiger partial charge in [0.1, 0.15) is 6.07 Å². The van der Waals surface area contributed by atoms with Crippen molar-refractivity contribution in [1.82, 2.24) is 9.97 Å². The number of aliphatic carboxylic acids is 1. The van der Waals surface area contributed by atoms with E-state index in [4.69, 9.17) is 0 Å². The lowest BCUT2D eigenvalue weighted by atomic mass is 9.98. The quantitative estimate of drug-likeness (QED) is 0.854. The van der Waals surface area contributed by atoms with Gasteiger partial charge in [-0.05, 0) is 56.4 Å². The van der Waals surface area contributed by atoms with Gasteiger partial charge < -0.3 is 10.0 Å². The summed E-state index contributed by atoms with van der Waals surface area (Å²) in [5.41, 5.74) is 4.16. The van der Waals surface area contributed by atoms with Crippen molar-refractivity contribution < 1.29 is 9.90 Å². The monoisotopic (exact) mass is 387 g/mol. The van der Waals surface area contributed by atoms with Gasteiger partial charge in [0, 0.05) is 36.1 Å². The molecule has 146 valence electrons. The molecule has 0 amide bonds. The zero-order valence-corrected chi connectivity index (χ0v) is 16.0. The average molecular weight is 387 g/mol. The third-order valence-electron chi connectivity index (χ3n) is 5.24. The number of nitriles is 1. The minimum atomic E-state index is -0.908. The number of aliphatic imine (C=N–C) groups is 1. The summed E-state index contributed by atoms with van der Waals surface area (Å²) in [6.07, 6.45) is 7.55. The number of hydrogen-bond acceptors (Lipinski definition) is 6.